The molecule has 2 aromatic heterocycles. The van der Waals surface area contributed by atoms with Gasteiger partial charge in [-0.2, -0.15) is 5.10 Å². The minimum absolute atomic E-state index is 0.564. The van der Waals surface area contributed by atoms with Crippen molar-refractivity contribution in [1.82, 2.24) is 29.2 Å². The topological polar surface area (TPSA) is 55.0 Å². The van der Waals surface area contributed by atoms with Crippen molar-refractivity contribution in [2.24, 2.45) is 0 Å². The molecule has 3 aromatic rings. The molecule has 1 saturated carbocycles. The molecule has 150 valence electrons. The number of nitrogens with zero attached hydrogens (tertiary/aromatic N) is 7. The molecule has 1 aliphatic heterocycles. The van der Waals surface area contributed by atoms with Gasteiger partial charge in [-0.05, 0) is 36.7 Å². The van der Waals surface area contributed by atoms with Gasteiger partial charge in [-0.3, -0.25) is 9.47 Å². The maximum atomic E-state index is 5.83. The Morgan fingerprint density at radius 3 is 2.34 bits per heavy atom. The first kappa shape index (κ1) is 18.4. The van der Waals surface area contributed by atoms with E-state index >= 15 is 0 Å². The van der Waals surface area contributed by atoms with E-state index in [1.807, 2.05) is 16.8 Å². The fourth-order valence-corrected chi connectivity index (χ4v) is 4.10. The third-order valence-corrected chi connectivity index (χ3v) is 6.05. The molecule has 0 N–H and O–H groups in total. The van der Waals surface area contributed by atoms with Gasteiger partial charge >= 0.3 is 0 Å². The quantitative estimate of drug-likeness (QED) is 0.586. The Bertz CT molecular complexity index is 1000. The molecule has 5 rings (SSSR count). The Hall–Kier alpha value is -2.58. The average Bonchev–Trinajstić information content (AvgIpc) is 3.58. The largest absolute Gasteiger partial charge is 0.338 e. The lowest BCUT2D eigenvalue weighted by Gasteiger charge is -2.34. The van der Waals surface area contributed by atoms with E-state index in [0.717, 1.165) is 55.9 Å². The van der Waals surface area contributed by atoms with E-state index < -0.39 is 0 Å². The van der Waals surface area contributed by atoms with E-state index in [9.17, 15) is 0 Å². The number of aromatic nitrogens is 5. The Morgan fingerprint density at radius 1 is 0.931 bits per heavy atom. The lowest BCUT2D eigenvalue weighted by molar-refractivity contribution is 0.193. The van der Waals surface area contributed by atoms with Gasteiger partial charge in [-0.25, -0.2) is 14.6 Å². The molecule has 1 saturated heterocycles. The summed E-state index contributed by atoms with van der Waals surface area (Å²) in [4.78, 5) is 13.4. The van der Waals surface area contributed by atoms with E-state index in [1.54, 1.807) is 12.4 Å². The van der Waals surface area contributed by atoms with Gasteiger partial charge in [-0.15, -0.1) is 0 Å². The summed E-state index contributed by atoms with van der Waals surface area (Å²) in [5.41, 5.74) is 1.27. The van der Waals surface area contributed by atoms with Gasteiger partial charge in [0.15, 0.2) is 4.77 Å². The van der Waals surface area contributed by atoms with Crippen LogP contribution in [0.2, 0.25) is 0 Å². The number of piperazine rings is 1. The van der Waals surface area contributed by atoms with Crippen molar-refractivity contribution < 1.29 is 0 Å². The Kier molecular flexibility index (Phi) is 5.12. The summed E-state index contributed by atoms with van der Waals surface area (Å²) >= 11 is 5.83. The molecule has 2 fully saturated rings. The van der Waals surface area contributed by atoms with Gasteiger partial charge in [0, 0.05) is 44.5 Å². The van der Waals surface area contributed by atoms with Crippen molar-refractivity contribution in [3.05, 3.63) is 65.0 Å². The molecule has 29 heavy (non-hydrogen) atoms. The van der Waals surface area contributed by atoms with Crippen LogP contribution in [-0.4, -0.2) is 55.4 Å². The SMILES string of the molecule is S=c1n(CN2CCN(c3ncccn3)CC2)nc(C2CC2)n1Cc1ccccc1. The monoisotopic (exact) mass is 407 g/mol. The second-order valence-electron chi connectivity index (χ2n) is 7.78. The first-order valence-corrected chi connectivity index (χ1v) is 10.6. The van der Waals surface area contributed by atoms with Crippen LogP contribution in [0.25, 0.3) is 0 Å². The van der Waals surface area contributed by atoms with Crippen molar-refractivity contribution in [2.45, 2.75) is 32.0 Å². The smallest absolute Gasteiger partial charge is 0.225 e. The molecule has 2 aliphatic rings. The van der Waals surface area contributed by atoms with Gasteiger partial charge in [-0.1, -0.05) is 30.3 Å². The summed E-state index contributed by atoms with van der Waals surface area (Å²) in [6, 6.07) is 12.4. The summed E-state index contributed by atoms with van der Waals surface area (Å²) in [5.74, 6) is 2.52. The fraction of sp³-hybridized carbons (Fsp3) is 0.429. The van der Waals surface area contributed by atoms with E-state index in [2.05, 4.69) is 48.6 Å². The summed E-state index contributed by atoms with van der Waals surface area (Å²) in [6.45, 7) is 5.26. The molecule has 0 radical (unpaired) electrons. The molecular weight excluding hydrogens is 382 g/mol. The molecule has 3 heterocycles. The van der Waals surface area contributed by atoms with E-state index in [0.29, 0.717) is 5.92 Å². The van der Waals surface area contributed by atoms with Crippen molar-refractivity contribution in [3.63, 3.8) is 0 Å². The molecule has 0 spiro atoms. The van der Waals surface area contributed by atoms with Crippen molar-refractivity contribution in [2.75, 3.05) is 31.1 Å². The molecule has 7 nitrogen and oxygen atoms in total. The van der Waals surface area contributed by atoms with Gasteiger partial charge in [0.2, 0.25) is 5.95 Å². The Balaban J connectivity index is 1.29. The van der Waals surface area contributed by atoms with Crippen LogP contribution >= 0.6 is 12.2 Å². The second kappa shape index (κ2) is 8.04. The van der Waals surface area contributed by atoms with Crippen LogP contribution in [0.15, 0.2) is 48.8 Å². The van der Waals surface area contributed by atoms with Gasteiger partial charge in [0.25, 0.3) is 0 Å². The lowest BCUT2D eigenvalue weighted by Crippen LogP contribution is -2.47. The molecule has 1 aromatic carbocycles. The van der Waals surface area contributed by atoms with Crippen LogP contribution in [0.4, 0.5) is 5.95 Å². The maximum absolute atomic E-state index is 5.83. The van der Waals surface area contributed by atoms with Gasteiger partial charge in [0.1, 0.15) is 5.82 Å². The maximum Gasteiger partial charge on any atom is 0.225 e. The first-order chi connectivity index (χ1) is 14.3. The Morgan fingerprint density at radius 2 is 1.66 bits per heavy atom. The number of benzene rings is 1. The van der Waals surface area contributed by atoms with Crippen molar-refractivity contribution in [1.29, 1.82) is 0 Å². The van der Waals surface area contributed by atoms with Crippen LogP contribution < -0.4 is 4.90 Å². The zero-order chi connectivity index (χ0) is 19.6. The lowest BCUT2D eigenvalue weighted by atomic mass is 10.2. The third-order valence-electron chi connectivity index (χ3n) is 5.62. The highest BCUT2D eigenvalue weighted by molar-refractivity contribution is 7.71. The zero-order valence-corrected chi connectivity index (χ0v) is 17.2. The molecule has 0 unspecified atom stereocenters. The number of hydrogen-bond donors (Lipinski definition) is 0. The molecular formula is C21H25N7S. The predicted octanol–water partition coefficient (Wildman–Crippen LogP) is 2.91. The van der Waals surface area contributed by atoms with Gasteiger partial charge < -0.3 is 4.90 Å². The first-order valence-electron chi connectivity index (χ1n) is 10.2. The Labute approximate surface area is 175 Å². The van der Waals surface area contributed by atoms with Crippen LogP contribution in [0.5, 0.6) is 0 Å². The molecule has 0 amide bonds. The van der Waals surface area contributed by atoms with Crippen LogP contribution in [0.1, 0.15) is 30.1 Å². The van der Waals surface area contributed by atoms with Crippen molar-refractivity contribution >= 4 is 18.2 Å². The zero-order valence-electron chi connectivity index (χ0n) is 16.4. The normalized spacial score (nSPS) is 17.6. The summed E-state index contributed by atoms with van der Waals surface area (Å²) in [7, 11) is 0. The molecule has 0 atom stereocenters. The second-order valence-corrected chi connectivity index (χ2v) is 8.15. The number of hydrogen-bond acceptors (Lipinski definition) is 6. The number of rotatable bonds is 6. The molecule has 0 bridgehead atoms. The van der Waals surface area contributed by atoms with E-state index in [4.69, 9.17) is 17.3 Å². The molecule has 1 aliphatic carbocycles. The number of anilines is 1. The van der Waals surface area contributed by atoms with Gasteiger partial charge in [0.05, 0.1) is 13.2 Å². The highest BCUT2D eigenvalue weighted by Crippen LogP contribution is 2.39. The standard InChI is InChI=1S/C21H25N7S/c29-21-27(15-17-5-2-1-3-6-17)19(18-7-8-18)24-28(21)16-25-11-13-26(14-12-25)20-22-9-4-10-23-20/h1-6,9-10,18H,7-8,11-16H2. The predicted molar refractivity (Wildman–Crippen MR) is 114 cm³/mol. The highest BCUT2D eigenvalue weighted by Gasteiger charge is 2.30. The minimum Gasteiger partial charge on any atom is -0.338 e. The van der Waals surface area contributed by atoms with Crippen molar-refractivity contribution in [3.8, 4) is 0 Å². The minimum atomic E-state index is 0.564. The average molecular weight is 408 g/mol. The van der Waals surface area contributed by atoms with Crippen LogP contribution in [0.3, 0.4) is 0 Å². The molecule has 8 heteroatoms. The van der Waals surface area contributed by atoms with Crippen LogP contribution in [0, 0.1) is 4.77 Å². The van der Waals surface area contributed by atoms with E-state index in [-0.39, 0.29) is 0 Å². The third kappa shape index (κ3) is 4.09. The van der Waals surface area contributed by atoms with Crippen LogP contribution in [-0.2, 0) is 13.2 Å². The fourth-order valence-electron chi connectivity index (χ4n) is 3.84. The highest BCUT2D eigenvalue weighted by atomic mass is 32.1. The summed E-state index contributed by atoms with van der Waals surface area (Å²) in [5, 5.41) is 4.93. The van der Waals surface area contributed by atoms with E-state index in [1.165, 1.54) is 18.4 Å². The summed E-state index contributed by atoms with van der Waals surface area (Å²) in [6.07, 6.45) is 6.03. The summed E-state index contributed by atoms with van der Waals surface area (Å²) < 4.78 is 5.07.